The van der Waals surface area contributed by atoms with Gasteiger partial charge in [-0.25, -0.2) is 4.68 Å². The highest BCUT2D eigenvalue weighted by molar-refractivity contribution is 5.94. The van der Waals surface area contributed by atoms with Gasteiger partial charge in [0.2, 0.25) is 11.3 Å². The van der Waals surface area contributed by atoms with Gasteiger partial charge in [-0.1, -0.05) is 12.1 Å². The fourth-order valence-corrected chi connectivity index (χ4v) is 2.77. The maximum Gasteiger partial charge on any atom is 0.418 e. The van der Waals surface area contributed by atoms with Crippen LogP contribution in [0.1, 0.15) is 35.6 Å². The second-order valence-electron chi connectivity index (χ2n) is 6.17. The molecule has 0 aliphatic rings. The third kappa shape index (κ3) is 5.01. The zero-order valence-corrected chi connectivity index (χ0v) is 16.2. The van der Waals surface area contributed by atoms with Crippen molar-refractivity contribution in [1.29, 1.82) is 0 Å². The van der Waals surface area contributed by atoms with Gasteiger partial charge >= 0.3 is 6.18 Å². The topological polar surface area (TPSA) is 84.3 Å². The molecule has 1 N–H and O–H groups in total. The van der Waals surface area contributed by atoms with Gasteiger partial charge in [0.1, 0.15) is 0 Å². The summed E-state index contributed by atoms with van der Waals surface area (Å²) in [4.78, 5) is 38.0. The lowest BCUT2D eigenvalue weighted by atomic mass is 10.1. The van der Waals surface area contributed by atoms with Crippen LogP contribution in [0.5, 0.6) is 0 Å². The number of likely N-dealkylation sites (N-methyl/N-ethyl adjacent to an activating group) is 1. The van der Waals surface area contributed by atoms with E-state index in [9.17, 15) is 27.6 Å². The van der Waals surface area contributed by atoms with Gasteiger partial charge in [-0.2, -0.15) is 18.3 Å². The number of rotatable bonds is 6. The number of hydrogen-bond donors (Lipinski definition) is 1. The third-order valence-electron chi connectivity index (χ3n) is 4.28. The number of amides is 2. The van der Waals surface area contributed by atoms with Crippen molar-refractivity contribution in [1.82, 2.24) is 20.0 Å². The van der Waals surface area contributed by atoms with Crippen molar-refractivity contribution in [2.45, 2.75) is 26.9 Å². The first-order chi connectivity index (χ1) is 13.6. The number of hydrogen-bond acceptors (Lipinski definition) is 4. The van der Waals surface area contributed by atoms with Gasteiger partial charge in [0.15, 0.2) is 5.69 Å². The molecule has 1 aromatic heterocycles. The number of aromatic nitrogens is 2. The fraction of sp³-hybridized carbons (Fsp3) is 0.368. The number of carbonyl (C=O) groups is 2. The molecule has 2 aromatic rings. The Morgan fingerprint density at radius 1 is 1.17 bits per heavy atom. The molecule has 0 saturated carbocycles. The zero-order valence-electron chi connectivity index (χ0n) is 16.2. The van der Waals surface area contributed by atoms with Gasteiger partial charge in [-0.3, -0.25) is 14.4 Å². The lowest BCUT2D eigenvalue weighted by Crippen LogP contribution is -2.41. The molecule has 0 aliphatic carbocycles. The van der Waals surface area contributed by atoms with Crippen molar-refractivity contribution in [3.63, 3.8) is 0 Å². The number of carbonyl (C=O) groups excluding carboxylic acids is 2. The van der Waals surface area contributed by atoms with Crippen molar-refractivity contribution >= 4 is 11.8 Å². The van der Waals surface area contributed by atoms with Gasteiger partial charge in [-0.15, -0.1) is 0 Å². The molecule has 0 atom stereocenters. The highest BCUT2D eigenvalue weighted by Gasteiger charge is 2.34. The molecular weight excluding hydrogens is 389 g/mol. The van der Waals surface area contributed by atoms with Crippen molar-refractivity contribution in [3.05, 3.63) is 57.5 Å². The number of nitrogens with one attached hydrogen (secondary N) is 1. The van der Waals surface area contributed by atoms with Crippen LogP contribution in [0.3, 0.4) is 0 Å². The summed E-state index contributed by atoms with van der Waals surface area (Å²) in [6.45, 7) is 5.52. The minimum absolute atomic E-state index is 0.127. The van der Waals surface area contributed by atoms with Gasteiger partial charge in [0, 0.05) is 24.8 Å². The van der Waals surface area contributed by atoms with E-state index in [2.05, 4.69) is 10.4 Å². The average molecular weight is 410 g/mol. The first-order valence-electron chi connectivity index (χ1n) is 8.93. The van der Waals surface area contributed by atoms with Gasteiger partial charge in [-0.05, 0) is 32.9 Å². The smallest absolute Gasteiger partial charge is 0.342 e. The van der Waals surface area contributed by atoms with Crippen molar-refractivity contribution in [3.8, 4) is 5.69 Å². The van der Waals surface area contributed by atoms with E-state index in [0.717, 1.165) is 16.8 Å². The Balaban J connectivity index is 2.40. The third-order valence-corrected chi connectivity index (χ3v) is 4.28. The second-order valence-corrected chi connectivity index (χ2v) is 6.17. The normalized spacial score (nSPS) is 11.2. The lowest BCUT2D eigenvalue weighted by molar-refractivity contribution is -0.137. The van der Waals surface area contributed by atoms with Crippen LogP contribution in [-0.2, 0) is 11.0 Å². The number of alkyl halides is 3. The molecule has 0 aliphatic heterocycles. The molecule has 7 nitrogen and oxygen atoms in total. The van der Waals surface area contributed by atoms with Gasteiger partial charge in [0.05, 0.1) is 17.8 Å². The predicted octanol–water partition coefficient (Wildman–Crippen LogP) is 2.16. The van der Waals surface area contributed by atoms with E-state index in [0.29, 0.717) is 13.1 Å². The van der Waals surface area contributed by atoms with Gasteiger partial charge in [0.25, 0.3) is 5.91 Å². The van der Waals surface area contributed by atoms with Crippen LogP contribution >= 0.6 is 0 Å². The molecule has 2 amide bonds. The number of halogens is 3. The molecule has 10 heteroatoms. The van der Waals surface area contributed by atoms with Crippen LogP contribution in [0.4, 0.5) is 13.2 Å². The lowest BCUT2D eigenvalue weighted by Gasteiger charge is -2.19. The number of para-hydroxylation sites is 1. The first kappa shape index (κ1) is 22.1. The minimum atomic E-state index is -4.65. The number of nitrogens with zero attached hydrogens (tertiary/aromatic N) is 3. The number of benzene rings is 1. The molecule has 0 saturated heterocycles. The van der Waals surface area contributed by atoms with E-state index in [1.165, 1.54) is 30.0 Å². The average Bonchev–Trinajstić information content (AvgIpc) is 2.66. The first-order valence-corrected chi connectivity index (χ1v) is 8.93. The Hall–Kier alpha value is -3.17. The molecule has 0 bridgehead atoms. The van der Waals surface area contributed by atoms with E-state index in [-0.39, 0.29) is 23.8 Å². The standard InChI is InChI=1S/C19H21F3N4O3/c1-4-25(5-2)16(28)11-23-18(29)17-15(27)10-12(3)26(24-17)14-9-7-6-8-13(14)19(20,21)22/h6-10H,4-5,11H2,1-3H3,(H,23,29). The van der Waals surface area contributed by atoms with Crippen LogP contribution < -0.4 is 10.7 Å². The summed E-state index contributed by atoms with van der Waals surface area (Å²) in [5, 5.41) is 6.15. The van der Waals surface area contributed by atoms with Crippen LogP contribution in [0.25, 0.3) is 5.69 Å². The van der Waals surface area contributed by atoms with Gasteiger partial charge < -0.3 is 10.2 Å². The summed E-state index contributed by atoms with van der Waals surface area (Å²) in [7, 11) is 0. The molecule has 156 valence electrons. The van der Waals surface area contributed by atoms with Crippen LogP contribution in [0.15, 0.2) is 35.1 Å². The minimum Gasteiger partial charge on any atom is -0.342 e. The molecular formula is C19H21F3N4O3. The Labute approximate surface area is 165 Å². The summed E-state index contributed by atoms with van der Waals surface area (Å²) >= 11 is 0. The van der Waals surface area contributed by atoms with E-state index in [1.807, 2.05) is 0 Å². The molecule has 29 heavy (non-hydrogen) atoms. The van der Waals surface area contributed by atoms with Crippen LogP contribution in [0.2, 0.25) is 0 Å². The molecule has 1 aromatic carbocycles. The summed E-state index contributed by atoms with van der Waals surface area (Å²) in [5.41, 5.74) is -2.49. The van der Waals surface area contributed by atoms with Crippen molar-refractivity contribution in [2.24, 2.45) is 0 Å². The molecule has 0 radical (unpaired) electrons. The quantitative estimate of drug-likeness (QED) is 0.791. The zero-order chi connectivity index (χ0) is 21.8. The second kappa shape index (κ2) is 8.89. The van der Waals surface area contributed by atoms with Crippen LogP contribution in [-0.4, -0.2) is 46.1 Å². The summed E-state index contributed by atoms with van der Waals surface area (Å²) in [6, 6.07) is 5.74. The molecule has 2 rings (SSSR count). The maximum atomic E-state index is 13.3. The highest BCUT2D eigenvalue weighted by atomic mass is 19.4. The predicted molar refractivity (Wildman–Crippen MR) is 99.8 cm³/mol. The molecule has 0 unspecified atom stereocenters. The van der Waals surface area contributed by atoms with E-state index in [4.69, 9.17) is 0 Å². The molecule has 0 spiro atoms. The van der Waals surface area contributed by atoms with Crippen molar-refractivity contribution in [2.75, 3.05) is 19.6 Å². The van der Waals surface area contributed by atoms with E-state index < -0.39 is 28.8 Å². The Morgan fingerprint density at radius 3 is 2.38 bits per heavy atom. The summed E-state index contributed by atoms with van der Waals surface area (Å²) in [5.74, 6) is -1.29. The van der Waals surface area contributed by atoms with E-state index in [1.54, 1.807) is 13.8 Å². The Bertz CT molecular complexity index is 966. The fourth-order valence-electron chi connectivity index (χ4n) is 2.77. The largest absolute Gasteiger partial charge is 0.418 e. The highest BCUT2D eigenvalue weighted by Crippen LogP contribution is 2.33. The summed E-state index contributed by atoms with van der Waals surface area (Å²) < 4.78 is 40.9. The summed E-state index contributed by atoms with van der Waals surface area (Å²) in [6.07, 6.45) is -4.65. The SMILES string of the molecule is CCN(CC)C(=O)CNC(=O)c1nn(-c2ccccc2C(F)(F)F)c(C)cc1=O. The maximum absolute atomic E-state index is 13.3. The van der Waals surface area contributed by atoms with E-state index >= 15 is 0 Å². The number of aryl methyl sites for hydroxylation is 1. The van der Waals surface area contributed by atoms with Crippen molar-refractivity contribution < 1.29 is 22.8 Å². The molecule has 0 fully saturated rings. The Kier molecular flexibility index (Phi) is 6.78. The Morgan fingerprint density at radius 2 is 1.79 bits per heavy atom. The molecule has 1 heterocycles. The monoisotopic (exact) mass is 410 g/mol. The van der Waals surface area contributed by atoms with Crippen LogP contribution in [0, 0.1) is 6.92 Å².